The van der Waals surface area contributed by atoms with Crippen LogP contribution in [0.25, 0.3) is 0 Å². The van der Waals surface area contributed by atoms with Gasteiger partial charge in [-0.25, -0.2) is 4.98 Å². The highest BCUT2D eigenvalue weighted by Gasteiger charge is 2.28. The van der Waals surface area contributed by atoms with Gasteiger partial charge in [0, 0.05) is 25.5 Å². The number of nitrogens with one attached hydrogen (secondary N) is 1. The number of esters is 1. The van der Waals surface area contributed by atoms with Crippen LogP contribution in [-0.2, 0) is 16.6 Å². The van der Waals surface area contributed by atoms with Crippen LogP contribution in [0.3, 0.4) is 0 Å². The minimum atomic E-state index is -0.0249. The molecule has 1 atom stereocenters. The minimum Gasteiger partial charge on any atom is -0.466 e. The average molecular weight is 279 g/mol. The third kappa shape index (κ3) is 3.60. The maximum atomic E-state index is 11.7. The van der Waals surface area contributed by atoms with Gasteiger partial charge in [0.05, 0.1) is 18.6 Å². The fourth-order valence-electron chi connectivity index (χ4n) is 2.98. The molecule has 5 heteroatoms. The summed E-state index contributed by atoms with van der Waals surface area (Å²) >= 11 is 0. The quantitative estimate of drug-likeness (QED) is 0.839. The third-order valence-electron chi connectivity index (χ3n) is 4.08. The number of aromatic nitrogens is 2. The highest BCUT2D eigenvalue weighted by molar-refractivity contribution is 5.72. The molecule has 1 fully saturated rings. The molecule has 5 nitrogen and oxygen atoms in total. The molecule has 1 saturated carbocycles. The Morgan fingerprint density at radius 1 is 1.50 bits per heavy atom. The lowest BCUT2D eigenvalue weighted by Gasteiger charge is -2.30. The van der Waals surface area contributed by atoms with Crippen molar-refractivity contribution in [3.63, 3.8) is 0 Å². The van der Waals surface area contributed by atoms with E-state index in [1.54, 1.807) is 0 Å². The monoisotopic (exact) mass is 279 g/mol. The summed E-state index contributed by atoms with van der Waals surface area (Å²) in [6, 6.07) is 0.700. The van der Waals surface area contributed by atoms with Crippen LogP contribution in [0.4, 0.5) is 0 Å². The van der Waals surface area contributed by atoms with Crippen molar-refractivity contribution >= 4 is 5.97 Å². The van der Waals surface area contributed by atoms with Gasteiger partial charge in [-0.05, 0) is 39.5 Å². The topological polar surface area (TPSA) is 56.1 Å². The summed E-state index contributed by atoms with van der Waals surface area (Å²) in [5, 5.41) is 3.62. The number of hydrogen-bond acceptors (Lipinski definition) is 4. The van der Waals surface area contributed by atoms with Crippen molar-refractivity contribution in [1.29, 1.82) is 0 Å². The number of hydrogen-bond donors (Lipinski definition) is 1. The molecule has 0 radical (unpaired) electrons. The number of imidazole rings is 1. The first kappa shape index (κ1) is 15.0. The lowest BCUT2D eigenvalue weighted by atomic mass is 9.86. The summed E-state index contributed by atoms with van der Waals surface area (Å²) in [5.41, 5.74) is 0. The molecule has 1 heterocycles. The highest BCUT2D eigenvalue weighted by atomic mass is 16.5. The number of rotatable bonds is 5. The van der Waals surface area contributed by atoms with Gasteiger partial charge in [0.2, 0.25) is 0 Å². The molecule has 2 rings (SSSR count). The maximum absolute atomic E-state index is 11.7. The van der Waals surface area contributed by atoms with Crippen molar-refractivity contribution in [3.8, 4) is 0 Å². The van der Waals surface area contributed by atoms with Gasteiger partial charge in [0.25, 0.3) is 0 Å². The number of ether oxygens (including phenoxy) is 1. The Labute approximate surface area is 120 Å². The predicted molar refractivity (Wildman–Crippen MR) is 77.1 cm³/mol. The van der Waals surface area contributed by atoms with Crippen molar-refractivity contribution in [2.24, 2.45) is 13.0 Å². The van der Waals surface area contributed by atoms with Gasteiger partial charge < -0.3 is 14.6 Å². The third-order valence-corrected chi connectivity index (χ3v) is 4.08. The molecule has 112 valence electrons. The Morgan fingerprint density at radius 3 is 2.75 bits per heavy atom. The molecule has 0 aliphatic heterocycles. The molecule has 1 N–H and O–H groups in total. The fourth-order valence-corrected chi connectivity index (χ4v) is 2.98. The SMILES string of the molecule is CCOC(=O)C1CCC(NC(C)c2nccn2C)CC1. The summed E-state index contributed by atoms with van der Waals surface area (Å²) in [7, 11) is 2.01. The molecule has 1 aliphatic carbocycles. The van der Waals surface area contributed by atoms with Gasteiger partial charge in [-0.1, -0.05) is 0 Å². The molecule has 20 heavy (non-hydrogen) atoms. The number of carbonyl (C=O) groups is 1. The first-order chi connectivity index (χ1) is 9.61. The van der Waals surface area contributed by atoms with Crippen molar-refractivity contribution in [2.45, 2.75) is 51.6 Å². The molecule has 1 aromatic rings. The van der Waals surface area contributed by atoms with E-state index >= 15 is 0 Å². The molecule has 1 aliphatic rings. The summed E-state index contributed by atoms with van der Waals surface area (Å²) in [6.07, 6.45) is 7.68. The van der Waals surface area contributed by atoms with Crippen LogP contribution in [0.5, 0.6) is 0 Å². The van der Waals surface area contributed by atoms with Crippen LogP contribution in [0, 0.1) is 5.92 Å². The Bertz CT molecular complexity index is 436. The van der Waals surface area contributed by atoms with E-state index in [9.17, 15) is 4.79 Å². The molecular weight excluding hydrogens is 254 g/mol. The molecule has 0 aromatic carbocycles. The second kappa shape index (κ2) is 6.88. The Hall–Kier alpha value is -1.36. The first-order valence-electron chi connectivity index (χ1n) is 7.51. The van der Waals surface area contributed by atoms with E-state index in [0.717, 1.165) is 31.5 Å². The first-order valence-corrected chi connectivity index (χ1v) is 7.51. The van der Waals surface area contributed by atoms with Gasteiger partial charge in [-0.2, -0.15) is 0 Å². The molecule has 0 amide bonds. The smallest absolute Gasteiger partial charge is 0.308 e. The van der Waals surface area contributed by atoms with Gasteiger partial charge in [-0.15, -0.1) is 0 Å². The molecular formula is C15H25N3O2. The van der Waals surface area contributed by atoms with Crippen LogP contribution in [-0.4, -0.2) is 28.2 Å². The molecule has 0 spiro atoms. The van der Waals surface area contributed by atoms with Crippen LogP contribution in [0.15, 0.2) is 12.4 Å². The Balaban J connectivity index is 1.80. The van der Waals surface area contributed by atoms with Crippen molar-refractivity contribution in [3.05, 3.63) is 18.2 Å². The van der Waals surface area contributed by atoms with Gasteiger partial charge in [0.1, 0.15) is 5.82 Å². The van der Waals surface area contributed by atoms with E-state index in [-0.39, 0.29) is 17.9 Å². The van der Waals surface area contributed by atoms with Gasteiger partial charge >= 0.3 is 5.97 Å². The molecule has 1 unspecified atom stereocenters. The standard InChI is InChI=1S/C15H25N3O2/c1-4-20-15(19)12-5-7-13(8-6-12)17-11(2)14-16-9-10-18(14)3/h9-13,17H,4-8H2,1-3H3. The predicted octanol–water partition coefficient (Wildman–Crippen LogP) is 2.19. The van der Waals surface area contributed by atoms with Crippen molar-refractivity contribution in [2.75, 3.05) is 6.61 Å². The minimum absolute atomic E-state index is 0.0249. The largest absolute Gasteiger partial charge is 0.466 e. The summed E-state index contributed by atoms with van der Waals surface area (Å²) < 4.78 is 7.14. The molecule has 0 saturated heterocycles. The normalized spacial score (nSPS) is 24.4. The van der Waals surface area contributed by atoms with Crippen molar-refractivity contribution in [1.82, 2.24) is 14.9 Å². The van der Waals surface area contributed by atoms with Crippen molar-refractivity contribution < 1.29 is 9.53 Å². The van der Waals surface area contributed by atoms with E-state index in [4.69, 9.17) is 4.74 Å². The van der Waals surface area contributed by atoms with E-state index < -0.39 is 0 Å². The van der Waals surface area contributed by atoms with Crippen LogP contribution in [0.1, 0.15) is 51.4 Å². The number of carbonyl (C=O) groups excluding carboxylic acids is 1. The molecule has 0 bridgehead atoms. The second-order valence-electron chi connectivity index (χ2n) is 5.59. The van der Waals surface area contributed by atoms with E-state index in [1.165, 1.54) is 0 Å². The number of aryl methyl sites for hydroxylation is 1. The Kier molecular flexibility index (Phi) is 5.17. The Morgan fingerprint density at radius 2 is 2.20 bits per heavy atom. The summed E-state index contributed by atoms with van der Waals surface area (Å²) in [5.74, 6) is 1.12. The fraction of sp³-hybridized carbons (Fsp3) is 0.733. The van der Waals surface area contributed by atoms with Gasteiger partial charge in [-0.3, -0.25) is 4.79 Å². The van der Waals surface area contributed by atoms with Crippen LogP contribution < -0.4 is 5.32 Å². The lowest BCUT2D eigenvalue weighted by Crippen LogP contribution is -2.37. The van der Waals surface area contributed by atoms with Crippen LogP contribution in [0.2, 0.25) is 0 Å². The summed E-state index contributed by atoms with van der Waals surface area (Å²) in [6.45, 7) is 4.48. The van der Waals surface area contributed by atoms with Gasteiger partial charge in [0.15, 0.2) is 0 Å². The average Bonchev–Trinajstić information content (AvgIpc) is 2.86. The second-order valence-corrected chi connectivity index (χ2v) is 5.59. The zero-order valence-electron chi connectivity index (χ0n) is 12.6. The summed E-state index contributed by atoms with van der Waals surface area (Å²) in [4.78, 5) is 16.1. The maximum Gasteiger partial charge on any atom is 0.308 e. The van der Waals surface area contributed by atoms with E-state index in [0.29, 0.717) is 12.6 Å². The molecule has 1 aromatic heterocycles. The zero-order chi connectivity index (χ0) is 14.5. The van der Waals surface area contributed by atoms with E-state index in [1.807, 2.05) is 30.9 Å². The van der Waals surface area contributed by atoms with Crippen LogP contribution >= 0.6 is 0 Å². The number of nitrogens with zero attached hydrogens (tertiary/aromatic N) is 2. The lowest BCUT2D eigenvalue weighted by molar-refractivity contribution is -0.149. The van der Waals surface area contributed by atoms with E-state index in [2.05, 4.69) is 17.2 Å². The highest BCUT2D eigenvalue weighted by Crippen LogP contribution is 2.26. The zero-order valence-corrected chi connectivity index (χ0v) is 12.6.